The number of likely N-dealkylation sites (N-methyl/N-ethyl adjacent to an activating group) is 1. The number of nitrogens with zero attached hydrogens (tertiary/aromatic N) is 2. The van der Waals surface area contributed by atoms with Crippen LogP contribution in [0, 0.1) is 0 Å². The summed E-state index contributed by atoms with van der Waals surface area (Å²) in [5.41, 5.74) is 0. The zero-order valence-corrected chi connectivity index (χ0v) is 13.1. The van der Waals surface area contributed by atoms with Gasteiger partial charge in [0.25, 0.3) is 0 Å². The van der Waals surface area contributed by atoms with Crippen molar-refractivity contribution in [1.82, 2.24) is 14.5 Å². The molecule has 7 heteroatoms. The van der Waals surface area contributed by atoms with Gasteiger partial charge < -0.3 is 15.0 Å². The number of morpholine rings is 1. The molecule has 6 nitrogen and oxygen atoms in total. The van der Waals surface area contributed by atoms with Gasteiger partial charge >= 0.3 is 0 Å². The SMILES string of the molecule is CCN(CCCNCC1CN(C)CCO1)S(C)(=O)=O. The summed E-state index contributed by atoms with van der Waals surface area (Å²) in [6.07, 6.45) is 2.33. The number of hydrogen-bond donors (Lipinski definition) is 1. The molecule has 1 aliphatic rings. The van der Waals surface area contributed by atoms with Gasteiger partial charge in [0.05, 0.1) is 19.0 Å². The van der Waals surface area contributed by atoms with Crippen LogP contribution in [0.5, 0.6) is 0 Å². The Labute approximate surface area is 117 Å². The molecular weight excluding hydrogens is 266 g/mol. The zero-order valence-electron chi connectivity index (χ0n) is 12.3. The smallest absolute Gasteiger partial charge is 0.211 e. The fraction of sp³-hybridized carbons (Fsp3) is 1.00. The van der Waals surface area contributed by atoms with E-state index in [1.807, 2.05) is 6.92 Å². The Kier molecular flexibility index (Phi) is 7.23. The van der Waals surface area contributed by atoms with Crippen molar-refractivity contribution in [3.8, 4) is 0 Å². The number of sulfonamides is 1. The fourth-order valence-corrected chi connectivity index (χ4v) is 3.12. The molecule has 1 N–H and O–H groups in total. The zero-order chi connectivity index (χ0) is 14.3. The van der Waals surface area contributed by atoms with E-state index in [1.165, 1.54) is 10.6 Å². The van der Waals surface area contributed by atoms with E-state index in [-0.39, 0.29) is 6.10 Å². The van der Waals surface area contributed by atoms with Gasteiger partial charge in [-0.05, 0) is 20.0 Å². The summed E-state index contributed by atoms with van der Waals surface area (Å²) >= 11 is 0. The molecule has 1 fully saturated rings. The molecule has 0 amide bonds. The lowest BCUT2D eigenvalue weighted by molar-refractivity contribution is -0.0180. The highest BCUT2D eigenvalue weighted by Crippen LogP contribution is 2.02. The molecule has 1 saturated heterocycles. The quantitative estimate of drug-likeness (QED) is 0.616. The number of ether oxygens (including phenoxy) is 1. The lowest BCUT2D eigenvalue weighted by Gasteiger charge is -2.30. The van der Waals surface area contributed by atoms with E-state index in [1.54, 1.807) is 0 Å². The summed E-state index contributed by atoms with van der Waals surface area (Å²) < 4.78 is 29.9. The van der Waals surface area contributed by atoms with Crippen LogP contribution in [0.25, 0.3) is 0 Å². The number of rotatable bonds is 8. The molecule has 114 valence electrons. The van der Waals surface area contributed by atoms with Crippen molar-refractivity contribution in [2.75, 3.05) is 59.2 Å². The molecular formula is C12H27N3O3S. The van der Waals surface area contributed by atoms with Crippen molar-refractivity contribution in [2.45, 2.75) is 19.4 Å². The summed E-state index contributed by atoms with van der Waals surface area (Å²) in [6.45, 7) is 7.36. The van der Waals surface area contributed by atoms with Gasteiger partial charge in [-0.2, -0.15) is 0 Å². The first-order valence-corrected chi connectivity index (χ1v) is 8.74. The third-order valence-corrected chi connectivity index (χ3v) is 4.68. The third-order valence-electron chi connectivity index (χ3n) is 3.30. The highest BCUT2D eigenvalue weighted by Gasteiger charge is 2.17. The molecule has 0 aromatic rings. The predicted octanol–water partition coefficient (Wildman–Crippen LogP) is -0.422. The molecule has 0 spiro atoms. The van der Waals surface area contributed by atoms with Gasteiger partial charge in [0.1, 0.15) is 0 Å². The van der Waals surface area contributed by atoms with E-state index in [0.717, 1.165) is 39.2 Å². The van der Waals surface area contributed by atoms with Crippen LogP contribution in [0.1, 0.15) is 13.3 Å². The van der Waals surface area contributed by atoms with Gasteiger partial charge in [0.2, 0.25) is 10.0 Å². The normalized spacial score (nSPS) is 22.0. The third kappa shape index (κ3) is 6.67. The summed E-state index contributed by atoms with van der Waals surface area (Å²) in [4.78, 5) is 2.26. The molecule has 0 aromatic carbocycles. The molecule has 1 unspecified atom stereocenters. The second kappa shape index (κ2) is 8.16. The van der Waals surface area contributed by atoms with Crippen molar-refractivity contribution in [2.24, 2.45) is 0 Å². The van der Waals surface area contributed by atoms with E-state index in [2.05, 4.69) is 17.3 Å². The van der Waals surface area contributed by atoms with E-state index < -0.39 is 10.0 Å². The molecule has 19 heavy (non-hydrogen) atoms. The van der Waals surface area contributed by atoms with Gasteiger partial charge in [0, 0.05) is 32.7 Å². The van der Waals surface area contributed by atoms with Crippen molar-refractivity contribution < 1.29 is 13.2 Å². The molecule has 0 aliphatic carbocycles. The van der Waals surface area contributed by atoms with Crippen LogP contribution in [0.4, 0.5) is 0 Å². The monoisotopic (exact) mass is 293 g/mol. The van der Waals surface area contributed by atoms with Crippen molar-refractivity contribution >= 4 is 10.0 Å². The van der Waals surface area contributed by atoms with Gasteiger partial charge in [-0.3, -0.25) is 0 Å². The van der Waals surface area contributed by atoms with Crippen LogP contribution >= 0.6 is 0 Å². The molecule has 1 atom stereocenters. The summed E-state index contributed by atoms with van der Waals surface area (Å²) in [6, 6.07) is 0. The lowest BCUT2D eigenvalue weighted by Crippen LogP contribution is -2.45. The maximum absolute atomic E-state index is 11.4. The largest absolute Gasteiger partial charge is 0.374 e. The van der Waals surface area contributed by atoms with Crippen LogP contribution in [0.3, 0.4) is 0 Å². The Morgan fingerprint density at radius 1 is 1.47 bits per heavy atom. The second-order valence-corrected chi connectivity index (χ2v) is 7.05. The Bertz CT molecular complexity index is 348. The van der Waals surface area contributed by atoms with E-state index in [0.29, 0.717) is 13.1 Å². The first kappa shape index (κ1) is 16.8. The van der Waals surface area contributed by atoms with Crippen LogP contribution in [-0.4, -0.2) is 82.9 Å². The average molecular weight is 293 g/mol. The molecule has 0 saturated carbocycles. The maximum atomic E-state index is 11.4. The van der Waals surface area contributed by atoms with Crippen LogP contribution in [0.15, 0.2) is 0 Å². The first-order valence-electron chi connectivity index (χ1n) is 6.89. The minimum absolute atomic E-state index is 0.246. The molecule has 0 radical (unpaired) electrons. The topological polar surface area (TPSA) is 61.9 Å². The average Bonchev–Trinajstić information content (AvgIpc) is 2.32. The maximum Gasteiger partial charge on any atom is 0.211 e. The molecule has 0 bridgehead atoms. The van der Waals surface area contributed by atoms with E-state index in [9.17, 15) is 8.42 Å². The first-order chi connectivity index (χ1) is 8.93. The van der Waals surface area contributed by atoms with Crippen molar-refractivity contribution in [3.05, 3.63) is 0 Å². The Morgan fingerprint density at radius 3 is 2.79 bits per heavy atom. The summed E-state index contributed by atoms with van der Waals surface area (Å²) in [5.74, 6) is 0. The molecule has 0 aromatic heterocycles. The van der Waals surface area contributed by atoms with Gasteiger partial charge in [0.15, 0.2) is 0 Å². The van der Waals surface area contributed by atoms with Gasteiger partial charge in [-0.25, -0.2) is 12.7 Å². The highest BCUT2D eigenvalue weighted by atomic mass is 32.2. The van der Waals surface area contributed by atoms with E-state index >= 15 is 0 Å². The highest BCUT2D eigenvalue weighted by molar-refractivity contribution is 7.88. The van der Waals surface area contributed by atoms with E-state index in [4.69, 9.17) is 4.74 Å². The van der Waals surface area contributed by atoms with Crippen LogP contribution in [-0.2, 0) is 14.8 Å². The molecule has 1 aliphatic heterocycles. The molecule has 1 heterocycles. The minimum atomic E-state index is -3.06. The summed E-state index contributed by atoms with van der Waals surface area (Å²) in [5, 5.41) is 3.33. The van der Waals surface area contributed by atoms with Crippen LogP contribution < -0.4 is 5.32 Å². The number of nitrogens with one attached hydrogen (secondary N) is 1. The second-order valence-electron chi connectivity index (χ2n) is 5.07. The Balaban J connectivity index is 2.10. The van der Waals surface area contributed by atoms with Crippen LogP contribution in [0.2, 0.25) is 0 Å². The Morgan fingerprint density at radius 2 is 2.21 bits per heavy atom. The van der Waals surface area contributed by atoms with Gasteiger partial charge in [-0.15, -0.1) is 0 Å². The standard InChI is InChI=1S/C12H27N3O3S/c1-4-15(19(3,16)17)7-5-6-13-10-12-11-14(2)8-9-18-12/h12-13H,4-11H2,1-3H3. The Hall–Kier alpha value is -0.210. The summed E-state index contributed by atoms with van der Waals surface area (Å²) in [7, 11) is -0.958. The van der Waals surface area contributed by atoms with Crippen molar-refractivity contribution in [1.29, 1.82) is 0 Å². The van der Waals surface area contributed by atoms with Crippen molar-refractivity contribution in [3.63, 3.8) is 0 Å². The molecule has 1 rings (SSSR count). The minimum Gasteiger partial charge on any atom is -0.374 e. The van der Waals surface area contributed by atoms with Gasteiger partial charge in [-0.1, -0.05) is 6.92 Å². The fourth-order valence-electron chi connectivity index (χ4n) is 2.19. The number of hydrogen-bond acceptors (Lipinski definition) is 5. The lowest BCUT2D eigenvalue weighted by atomic mass is 10.3. The predicted molar refractivity (Wildman–Crippen MR) is 76.8 cm³/mol.